The number of nitrogens with zero attached hydrogens (tertiary/aromatic N) is 4. The molecule has 154 valence electrons. The molecule has 13 heteroatoms. The van der Waals surface area contributed by atoms with Crippen LogP contribution in [0.5, 0.6) is 0 Å². The van der Waals surface area contributed by atoms with Crippen molar-refractivity contribution in [3.63, 3.8) is 0 Å². The zero-order valence-electron chi connectivity index (χ0n) is 14.7. The molecule has 1 aromatic heterocycles. The van der Waals surface area contributed by atoms with E-state index in [9.17, 15) is 27.2 Å². The number of nitrogens with one attached hydrogen (secondary N) is 2. The lowest BCUT2D eigenvalue weighted by Crippen LogP contribution is -2.36. The van der Waals surface area contributed by atoms with Crippen LogP contribution in [-0.2, 0) is 5.92 Å². The Morgan fingerprint density at radius 3 is 2.37 bits per heavy atom. The summed E-state index contributed by atoms with van der Waals surface area (Å²) < 4.78 is 67.6. The number of aromatic nitrogens is 1. The van der Waals surface area contributed by atoms with Crippen LogP contribution in [0.25, 0.3) is 0 Å². The number of nitrogen functional groups attached to an aromatic ring is 2. The topological polar surface area (TPSA) is 149 Å². The molecule has 0 fully saturated rings. The van der Waals surface area contributed by atoms with Gasteiger partial charge in [-0.25, -0.2) is 9.98 Å². The lowest BCUT2D eigenvalue weighted by atomic mass is 9.89. The van der Waals surface area contributed by atoms with Crippen molar-refractivity contribution in [2.45, 2.75) is 18.1 Å². The van der Waals surface area contributed by atoms with E-state index in [1.165, 1.54) is 6.07 Å². The fourth-order valence-corrected chi connectivity index (χ4v) is 2.98. The maximum absolute atomic E-state index is 14.2. The van der Waals surface area contributed by atoms with Gasteiger partial charge in [-0.15, -0.1) is 0 Å². The van der Waals surface area contributed by atoms with Crippen LogP contribution in [0.2, 0.25) is 0 Å². The van der Waals surface area contributed by atoms with Gasteiger partial charge in [0.2, 0.25) is 5.96 Å². The largest absolute Gasteiger partial charge is 0.458 e. The van der Waals surface area contributed by atoms with E-state index in [0.717, 1.165) is 12.1 Å². The van der Waals surface area contributed by atoms with Crippen molar-refractivity contribution in [3.8, 4) is 12.3 Å². The summed E-state index contributed by atoms with van der Waals surface area (Å²) in [7, 11) is 0. The Morgan fingerprint density at radius 2 is 1.77 bits per heavy atom. The molecule has 1 aliphatic heterocycles. The van der Waals surface area contributed by atoms with Crippen molar-refractivity contribution in [2.24, 2.45) is 4.99 Å². The van der Waals surface area contributed by atoms with Gasteiger partial charge in [-0.3, -0.25) is 5.32 Å². The van der Waals surface area contributed by atoms with Crippen molar-refractivity contribution in [1.29, 1.82) is 10.5 Å². The number of rotatable bonds is 2. The molecule has 1 atom stereocenters. The van der Waals surface area contributed by atoms with Crippen LogP contribution in [0.4, 0.5) is 39.3 Å². The van der Waals surface area contributed by atoms with Crippen molar-refractivity contribution in [3.05, 3.63) is 46.5 Å². The molecule has 0 saturated heterocycles. The summed E-state index contributed by atoms with van der Waals surface area (Å²) in [5, 5.41) is 22.8. The highest BCUT2D eigenvalue weighted by atomic mass is 19.4. The second-order valence-electron chi connectivity index (χ2n) is 6.06. The van der Waals surface area contributed by atoms with Crippen LogP contribution >= 0.6 is 0 Å². The summed E-state index contributed by atoms with van der Waals surface area (Å²) >= 11 is 0. The maximum atomic E-state index is 14.2. The summed E-state index contributed by atoms with van der Waals surface area (Å²) in [5.74, 6) is -5.93. The van der Waals surface area contributed by atoms with Gasteiger partial charge < -0.3 is 16.8 Å². The van der Waals surface area contributed by atoms with Crippen LogP contribution < -0.4 is 22.1 Å². The average molecular weight is 422 g/mol. The highest BCUT2D eigenvalue weighted by Gasteiger charge is 2.60. The Kier molecular flexibility index (Phi) is 4.83. The number of alkyl halides is 5. The van der Waals surface area contributed by atoms with Crippen LogP contribution in [0.15, 0.2) is 29.3 Å². The van der Waals surface area contributed by atoms with Crippen LogP contribution in [-0.4, -0.2) is 17.1 Å². The number of fused-ring (bicyclic) bond motifs is 1. The predicted molar refractivity (Wildman–Crippen MR) is 95.8 cm³/mol. The Labute approximate surface area is 165 Å². The van der Waals surface area contributed by atoms with Gasteiger partial charge >= 0.3 is 12.1 Å². The van der Waals surface area contributed by atoms with Crippen LogP contribution in [0.3, 0.4) is 0 Å². The minimum absolute atomic E-state index is 0.130. The molecule has 8 nitrogen and oxygen atoms in total. The molecule has 3 rings (SSSR count). The van der Waals surface area contributed by atoms with E-state index >= 15 is 0 Å². The number of halogens is 5. The summed E-state index contributed by atoms with van der Waals surface area (Å²) in [6.07, 6.45) is -4.33. The van der Waals surface area contributed by atoms with E-state index in [2.05, 4.69) is 20.6 Å². The first-order valence-corrected chi connectivity index (χ1v) is 8.05. The first kappa shape index (κ1) is 20.6. The molecule has 0 radical (unpaired) electrons. The lowest BCUT2D eigenvalue weighted by molar-refractivity contribution is -0.289. The van der Waals surface area contributed by atoms with E-state index in [4.69, 9.17) is 16.7 Å². The summed E-state index contributed by atoms with van der Waals surface area (Å²) in [6, 6.07) is 4.06. The molecular formula is C17H11F5N8. The number of nitriles is 2. The smallest absolute Gasteiger partial charge is 0.397 e. The number of hydrogen-bond acceptors (Lipinski definition) is 8. The minimum atomic E-state index is -5.88. The highest BCUT2D eigenvalue weighted by Crippen LogP contribution is 2.49. The SMILES string of the molecule is N#CNC1=NC(c2ccccc2C(F)(F)C(F)(F)F)c2c(nc(N)c(C#N)c2N)N1. The quantitative estimate of drug-likeness (QED) is 0.330. The Balaban J connectivity index is 2.33. The molecule has 0 bridgehead atoms. The van der Waals surface area contributed by atoms with E-state index in [1.807, 2.05) is 0 Å². The molecule has 0 amide bonds. The van der Waals surface area contributed by atoms with Gasteiger partial charge in [0, 0.05) is 11.1 Å². The molecule has 1 aromatic carbocycles. The number of benzene rings is 1. The molecule has 2 aromatic rings. The monoisotopic (exact) mass is 422 g/mol. The second kappa shape index (κ2) is 7.04. The average Bonchev–Trinajstić information content (AvgIpc) is 2.67. The van der Waals surface area contributed by atoms with E-state index < -0.39 is 29.3 Å². The predicted octanol–water partition coefficient (Wildman–Crippen LogP) is 2.71. The first-order chi connectivity index (χ1) is 14.0. The molecule has 1 aliphatic rings. The molecule has 2 heterocycles. The summed E-state index contributed by atoms with van der Waals surface area (Å²) in [4.78, 5) is 7.92. The molecule has 30 heavy (non-hydrogen) atoms. The zero-order valence-corrected chi connectivity index (χ0v) is 14.7. The van der Waals surface area contributed by atoms with Crippen molar-refractivity contribution >= 4 is 23.3 Å². The van der Waals surface area contributed by atoms with Crippen molar-refractivity contribution in [2.75, 3.05) is 16.8 Å². The zero-order chi connectivity index (χ0) is 22.3. The number of pyridine rings is 1. The Morgan fingerprint density at radius 1 is 1.10 bits per heavy atom. The molecule has 6 N–H and O–H groups in total. The second-order valence-corrected chi connectivity index (χ2v) is 6.06. The van der Waals surface area contributed by atoms with Crippen LogP contribution in [0, 0.1) is 22.8 Å². The molecular weight excluding hydrogens is 411 g/mol. The normalized spacial score (nSPS) is 15.8. The van der Waals surface area contributed by atoms with E-state index in [1.54, 1.807) is 12.3 Å². The molecule has 0 spiro atoms. The third kappa shape index (κ3) is 3.16. The molecule has 0 saturated carbocycles. The summed E-state index contributed by atoms with van der Waals surface area (Å²) in [5.41, 5.74) is 9.03. The van der Waals surface area contributed by atoms with Gasteiger partial charge in [-0.05, 0) is 5.56 Å². The van der Waals surface area contributed by atoms with Crippen molar-refractivity contribution in [1.82, 2.24) is 10.3 Å². The Bertz CT molecular complexity index is 1130. The van der Waals surface area contributed by atoms with E-state index in [0.29, 0.717) is 6.07 Å². The van der Waals surface area contributed by atoms with Crippen molar-refractivity contribution < 1.29 is 22.0 Å². The van der Waals surface area contributed by atoms with Gasteiger partial charge in [0.1, 0.15) is 29.3 Å². The summed E-state index contributed by atoms with van der Waals surface area (Å²) in [6.45, 7) is 0. The fraction of sp³-hybridized carbons (Fsp3) is 0.176. The number of guanidine groups is 1. The van der Waals surface area contributed by atoms with Crippen LogP contribution in [0.1, 0.15) is 28.3 Å². The highest BCUT2D eigenvalue weighted by molar-refractivity contribution is 5.98. The number of anilines is 3. The Hall–Kier alpha value is -4.13. The van der Waals surface area contributed by atoms with Gasteiger partial charge in [-0.2, -0.15) is 32.5 Å². The maximum Gasteiger partial charge on any atom is 0.458 e. The van der Waals surface area contributed by atoms with E-state index in [-0.39, 0.29) is 34.4 Å². The van der Waals surface area contributed by atoms with Gasteiger partial charge in [0.25, 0.3) is 0 Å². The van der Waals surface area contributed by atoms with Gasteiger partial charge in [-0.1, -0.05) is 24.3 Å². The van der Waals surface area contributed by atoms with Gasteiger partial charge in [0.05, 0.1) is 5.69 Å². The van der Waals surface area contributed by atoms with Gasteiger partial charge in [0.15, 0.2) is 6.19 Å². The minimum Gasteiger partial charge on any atom is -0.397 e. The standard InChI is InChI=1S/C17H11F5N8/c18-16(19,17(20,21)22)9-4-2-1-3-7(9)12-10-11(25)8(5-23)13(26)29-14(10)30-15(28-12)27-6-24/h1-4,12H,(H6,25,26,27,28,29,30). The molecule has 0 aliphatic carbocycles. The first-order valence-electron chi connectivity index (χ1n) is 8.05. The third-order valence-electron chi connectivity index (χ3n) is 4.31. The molecule has 1 unspecified atom stereocenters. The number of aliphatic imine (C=N–C) groups is 1. The number of nitrogens with two attached hydrogens (primary N) is 2. The lowest BCUT2D eigenvalue weighted by Gasteiger charge is -2.29. The fourth-order valence-electron chi connectivity index (χ4n) is 2.98. The number of hydrogen-bond donors (Lipinski definition) is 4. The third-order valence-corrected chi connectivity index (χ3v) is 4.31.